The fraction of sp³-hybridized carbons (Fsp3) is 0.846. The first-order valence-electron chi connectivity index (χ1n) is 6.59. The number of hydrogen-bond donors (Lipinski definition) is 1. The summed E-state index contributed by atoms with van der Waals surface area (Å²) in [4.78, 5) is 24.1. The number of nitrogens with zero attached hydrogens (tertiary/aromatic N) is 1. The van der Waals surface area contributed by atoms with Crippen LogP contribution >= 0.6 is 0 Å². The molecule has 1 saturated heterocycles. The Morgan fingerprint density at radius 2 is 2.00 bits per heavy atom. The molecular weight excluding hydrogens is 250 g/mol. The minimum Gasteiger partial charge on any atom is -0.480 e. The fourth-order valence-electron chi connectivity index (χ4n) is 2.02. The van der Waals surface area contributed by atoms with Crippen LogP contribution in [0.5, 0.6) is 0 Å². The lowest BCUT2D eigenvalue weighted by molar-refractivity contribution is -0.142. The molecule has 1 amide bonds. The van der Waals surface area contributed by atoms with Gasteiger partial charge in [0, 0.05) is 6.54 Å². The lowest BCUT2D eigenvalue weighted by atomic mass is 10.0. The zero-order valence-electron chi connectivity index (χ0n) is 11.8. The van der Waals surface area contributed by atoms with Crippen molar-refractivity contribution in [3.8, 4) is 0 Å². The van der Waals surface area contributed by atoms with E-state index in [1.807, 2.05) is 20.8 Å². The number of likely N-dealkylation sites (tertiary alicyclic amines) is 1. The van der Waals surface area contributed by atoms with Gasteiger partial charge in [0.25, 0.3) is 0 Å². The molecule has 1 fully saturated rings. The van der Waals surface area contributed by atoms with Gasteiger partial charge in [-0.2, -0.15) is 0 Å². The van der Waals surface area contributed by atoms with Gasteiger partial charge in [-0.15, -0.1) is 0 Å². The van der Waals surface area contributed by atoms with Crippen LogP contribution in [0.2, 0.25) is 0 Å². The average Bonchev–Trinajstić information content (AvgIpc) is 2.26. The molecule has 6 nitrogen and oxygen atoms in total. The molecule has 1 rings (SSSR count). The largest absolute Gasteiger partial charge is 0.480 e. The molecule has 0 aromatic carbocycles. The molecule has 1 aliphatic rings. The highest BCUT2D eigenvalue weighted by Crippen LogP contribution is 2.20. The summed E-state index contributed by atoms with van der Waals surface area (Å²) >= 11 is 0. The van der Waals surface area contributed by atoms with E-state index >= 15 is 0 Å². The second-order valence-electron chi connectivity index (χ2n) is 5.73. The van der Waals surface area contributed by atoms with Crippen molar-refractivity contribution in [2.24, 2.45) is 0 Å². The number of amides is 1. The number of carbonyl (C=O) groups is 2. The van der Waals surface area contributed by atoms with Gasteiger partial charge in [0.15, 0.2) is 0 Å². The van der Waals surface area contributed by atoms with Crippen molar-refractivity contribution < 1.29 is 24.2 Å². The SMILES string of the molecule is CC(C)(C)OC(=O)N1CCCCC1COCC(=O)O. The van der Waals surface area contributed by atoms with E-state index in [9.17, 15) is 9.59 Å². The van der Waals surface area contributed by atoms with Gasteiger partial charge in [-0.05, 0) is 40.0 Å². The first-order chi connectivity index (χ1) is 8.79. The van der Waals surface area contributed by atoms with Crippen LogP contribution in [0.4, 0.5) is 4.79 Å². The standard InChI is InChI=1S/C13H23NO5/c1-13(2,3)19-12(17)14-7-5-4-6-10(14)8-18-9-11(15)16/h10H,4-9H2,1-3H3,(H,15,16). The van der Waals surface area contributed by atoms with Crippen LogP contribution in [0.1, 0.15) is 40.0 Å². The molecule has 0 aromatic heterocycles. The van der Waals surface area contributed by atoms with Crippen molar-refractivity contribution in [1.82, 2.24) is 4.90 Å². The molecule has 19 heavy (non-hydrogen) atoms. The van der Waals surface area contributed by atoms with E-state index in [0.717, 1.165) is 19.3 Å². The van der Waals surface area contributed by atoms with Gasteiger partial charge in [-0.3, -0.25) is 0 Å². The van der Waals surface area contributed by atoms with Crippen molar-refractivity contribution in [1.29, 1.82) is 0 Å². The maximum absolute atomic E-state index is 12.1. The van der Waals surface area contributed by atoms with Crippen molar-refractivity contribution in [3.05, 3.63) is 0 Å². The molecule has 0 bridgehead atoms. The summed E-state index contributed by atoms with van der Waals surface area (Å²) in [5, 5.41) is 8.54. The maximum atomic E-state index is 12.1. The van der Waals surface area contributed by atoms with E-state index in [-0.39, 0.29) is 25.3 Å². The molecule has 1 heterocycles. The third-order valence-corrected chi connectivity index (χ3v) is 2.79. The Morgan fingerprint density at radius 1 is 1.32 bits per heavy atom. The molecule has 6 heteroatoms. The summed E-state index contributed by atoms with van der Waals surface area (Å²) in [7, 11) is 0. The van der Waals surface area contributed by atoms with E-state index < -0.39 is 11.6 Å². The summed E-state index contributed by atoms with van der Waals surface area (Å²) in [6.45, 7) is 6.01. The summed E-state index contributed by atoms with van der Waals surface area (Å²) in [6.07, 6.45) is 2.42. The normalized spacial score (nSPS) is 20.2. The van der Waals surface area contributed by atoms with Crippen molar-refractivity contribution in [2.45, 2.75) is 51.7 Å². The fourth-order valence-corrected chi connectivity index (χ4v) is 2.02. The molecule has 0 aromatic rings. The molecule has 0 saturated carbocycles. The van der Waals surface area contributed by atoms with Gasteiger partial charge in [-0.25, -0.2) is 9.59 Å². The molecule has 0 aliphatic carbocycles. The van der Waals surface area contributed by atoms with E-state index in [1.54, 1.807) is 4.90 Å². The van der Waals surface area contributed by atoms with E-state index in [4.69, 9.17) is 14.6 Å². The number of ether oxygens (including phenoxy) is 2. The topological polar surface area (TPSA) is 76.1 Å². The van der Waals surface area contributed by atoms with E-state index in [2.05, 4.69) is 0 Å². The van der Waals surface area contributed by atoms with Gasteiger partial charge in [0.1, 0.15) is 12.2 Å². The Kier molecular flexibility index (Phi) is 5.60. The number of aliphatic carboxylic acids is 1. The molecule has 0 radical (unpaired) electrons. The van der Waals surface area contributed by atoms with Crippen LogP contribution in [-0.4, -0.2) is 53.5 Å². The number of carboxylic acid groups (broad SMARTS) is 1. The van der Waals surface area contributed by atoms with Crippen molar-refractivity contribution >= 4 is 12.1 Å². The molecular formula is C13H23NO5. The lowest BCUT2D eigenvalue weighted by Gasteiger charge is -2.36. The smallest absolute Gasteiger partial charge is 0.410 e. The number of piperidine rings is 1. The predicted molar refractivity (Wildman–Crippen MR) is 69.0 cm³/mol. The number of carbonyl (C=O) groups excluding carboxylic acids is 1. The van der Waals surface area contributed by atoms with Gasteiger partial charge >= 0.3 is 12.1 Å². The van der Waals surface area contributed by atoms with E-state index in [1.165, 1.54) is 0 Å². The summed E-state index contributed by atoms with van der Waals surface area (Å²) in [6, 6.07) is -0.0945. The monoisotopic (exact) mass is 273 g/mol. The van der Waals surface area contributed by atoms with Crippen LogP contribution < -0.4 is 0 Å². The zero-order valence-corrected chi connectivity index (χ0v) is 11.8. The van der Waals surface area contributed by atoms with Gasteiger partial charge < -0.3 is 19.5 Å². The third kappa shape index (κ3) is 5.92. The van der Waals surface area contributed by atoms with Crippen molar-refractivity contribution in [2.75, 3.05) is 19.8 Å². The van der Waals surface area contributed by atoms with Crippen LogP contribution in [-0.2, 0) is 14.3 Å². The number of rotatable bonds is 4. The van der Waals surface area contributed by atoms with Crippen LogP contribution in [0.15, 0.2) is 0 Å². The Balaban J connectivity index is 2.51. The maximum Gasteiger partial charge on any atom is 0.410 e. The summed E-state index contributed by atoms with van der Waals surface area (Å²) < 4.78 is 10.4. The second kappa shape index (κ2) is 6.75. The van der Waals surface area contributed by atoms with Gasteiger partial charge in [0.2, 0.25) is 0 Å². The molecule has 1 aliphatic heterocycles. The lowest BCUT2D eigenvalue weighted by Crippen LogP contribution is -2.48. The molecule has 1 N–H and O–H groups in total. The van der Waals surface area contributed by atoms with Crippen LogP contribution in [0.3, 0.4) is 0 Å². The first kappa shape index (κ1) is 15.8. The minimum atomic E-state index is -1.00. The highest BCUT2D eigenvalue weighted by Gasteiger charge is 2.30. The van der Waals surface area contributed by atoms with Gasteiger partial charge in [-0.1, -0.05) is 0 Å². The Labute approximate surface area is 113 Å². The number of hydrogen-bond acceptors (Lipinski definition) is 4. The Hall–Kier alpha value is -1.30. The molecule has 1 atom stereocenters. The summed E-state index contributed by atoms with van der Waals surface area (Å²) in [5.74, 6) is -1.00. The Bertz CT molecular complexity index is 323. The minimum absolute atomic E-state index is 0.0945. The average molecular weight is 273 g/mol. The molecule has 1 unspecified atom stereocenters. The van der Waals surface area contributed by atoms with E-state index in [0.29, 0.717) is 6.54 Å². The third-order valence-electron chi connectivity index (χ3n) is 2.79. The quantitative estimate of drug-likeness (QED) is 0.846. The zero-order chi connectivity index (χ0) is 14.5. The van der Waals surface area contributed by atoms with Gasteiger partial charge in [0.05, 0.1) is 12.6 Å². The molecule has 0 spiro atoms. The van der Waals surface area contributed by atoms with Crippen LogP contribution in [0, 0.1) is 0 Å². The Morgan fingerprint density at radius 3 is 2.58 bits per heavy atom. The highest BCUT2D eigenvalue weighted by atomic mass is 16.6. The summed E-state index contributed by atoms with van der Waals surface area (Å²) in [5.41, 5.74) is -0.527. The number of carboxylic acids is 1. The van der Waals surface area contributed by atoms with Crippen LogP contribution in [0.25, 0.3) is 0 Å². The highest BCUT2D eigenvalue weighted by molar-refractivity contribution is 5.69. The molecule has 110 valence electrons. The predicted octanol–water partition coefficient (Wildman–Crippen LogP) is 1.88. The van der Waals surface area contributed by atoms with Crippen molar-refractivity contribution in [3.63, 3.8) is 0 Å². The second-order valence-corrected chi connectivity index (χ2v) is 5.73. The first-order valence-corrected chi connectivity index (χ1v) is 6.59.